The fourth-order valence-corrected chi connectivity index (χ4v) is 3.51. The quantitative estimate of drug-likeness (QED) is 0.746. The summed E-state index contributed by atoms with van der Waals surface area (Å²) in [6, 6.07) is -0.358. The second-order valence-corrected chi connectivity index (χ2v) is 7.79. The maximum absolute atomic E-state index is 13.4. The molecule has 1 aliphatic rings. The Morgan fingerprint density at radius 3 is 2.44 bits per heavy atom. The van der Waals surface area contributed by atoms with Crippen molar-refractivity contribution >= 4 is 5.91 Å². The Morgan fingerprint density at radius 1 is 1.33 bits per heavy atom. The number of aromatic nitrogens is 1. The van der Waals surface area contributed by atoms with Gasteiger partial charge in [-0.3, -0.25) is 9.59 Å². The van der Waals surface area contributed by atoms with Gasteiger partial charge in [0.25, 0.3) is 5.56 Å². The Morgan fingerprint density at radius 2 is 1.96 bits per heavy atom. The molecule has 2 rings (SSSR count). The molecule has 1 aliphatic heterocycles. The molecule has 152 valence electrons. The van der Waals surface area contributed by atoms with Gasteiger partial charge >= 0.3 is 6.18 Å². The van der Waals surface area contributed by atoms with Gasteiger partial charge in [0.2, 0.25) is 5.91 Å². The third-order valence-corrected chi connectivity index (χ3v) is 5.13. The fourth-order valence-electron chi connectivity index (χ4n) is 3.51. The van der Waals surface area contributed by atoms with Crippen molar-refractivity contribution in [1.29, 1.82) is 0 Å². The highest BCUT2D eigenvalue weighted by Crippen LogP contribution is 2.32. The summed E-state index contributed by atoms with van der Waals surface area (Å²) in [5.74, 6) is -0.0522. The van der Waals surface area contributed by atoms with E-state index in [0.717, 1.165) is 24.1 Å². The minimum atomic E-state index is -4.62. The molecule has 5 nitrogen and oxygen atoms in total. The number of primary amides is 1. The maximum Gasteiger partial charge on any atom is 0.416 e. The van der Waals surface area contributed by atoms with Gasteiger partial charge < -0.3 is 15.2 Å². The predicted octanol–water partition coefficient (Wildman–Crippen LogP) is 2.82. The summed E-state index contributed by atoms with van der Waals surface area (Å²) in [5.41, 5.74) is 3.66. The minimum Gasteiger partial charge on any atom is -0.368 e. The first-order chi connectivity index (χ1) is 12.5. The van der Waals surface area contributed by atoms with E-state index in [1.54, 1.807) is 0 Å². The van der Waals surface area contributed by atoms with Gasteiger partial charge in [-0.15, -0.1) is 0 Å². The number of nitrogens with zero attached hydrogens (tertiary/aromatic N) is 2. The van der Waals surface area contributed by atoms with E-state index in [9.17, 15) is 22.8 Å². The van der Waals surface area contributed by atoms with E-state index < -0.39 is 29.2 Å². The number of halogens is 3. The van der Waals surface area contributed by atoms with Gasteiger partial charge in [0.15, 0.2) is 0 Å². The number of alkyl halides is 3. The van der Waals surface area contributed by atoms with E-state index in [-0.39, 0.29) is 17.9 Å². The van der Waals surface area contributed by atoms with Crippen LogP contribution in [0.3, 0.4) is 0 Å². The Bertz CT molecular complexity index is 722. The zero-order valence-corrected chi connectivity index (χ0v) is 16.1. The second kappa shape index (κ2) is 8.46. The Labute approximate surface area is 157 Å². The van der Waals surface area contributed by atoms with Gasteiger partial charge in [-0.2, -0.15) is 13.2 Å². The van der Waals surface area contributed by atoms with Crippen LogP contribution in [0.4, 0.5) is 13.2 Å². The van der Waals surface area contributed by atoms with Gasteiger partial charge in [0.05, 0.1) is 5.56 Å². The SMILES string of the molecule is CCC1CN(CCc2cn(C(CC(C)C)C(N)=O)c(=O)cc2C(F)(F)F)C1. The molecule has 1 atom stereocenters. The number of rotatable bonds is 8. The summed E-state index contributed by atoms with van der Waals surface area (Å²) in [7, 11) is 0. The Hall–Kier alpha value is -1.83. The first-order valence-corrected chi connectivity index (χ1v) is 9.36. The normalized spacial score (nSPS) is 17.1. The molecule has 1 unspecified atom stereocenters. The number of carbonyl (C=O) groups is 1. The molecule has 2 N–H and O–H groups in total. The predicted molar refractivity (Wildman–Crippen MR) is 97.3 cm³/mol. The minimum absolute atomic E-state index is 0.0251. The van der Waals surface area contributed by atoms with Crippen LogP contribution in [0.5, 0.6) is 0 Å². The van der Waals surface area contributed by atoms with Crippen molar-refractivity contribution in [3.8, 4) is 0 Å². The smallest absolute Gasteiger partial charge is 0.368 e. The number of carbonyl (C=O) groups excluding carboxylic acids is 1. The van der Waals surface area contributed by atoms with E-state index in [1.165, 1.54) is 6.20 Å². The molecule has 8 heteroatoms. The van der Waals surface area contributed by atoms with Gasteiger partial charge in [-0.05, 0) is 30.2 Å². The Balaban J connectivity index is 2.33. The lowest BCUT2D eigenvalue weighted by atomic mass is 9.96. The standard InChI is InChI=1S/C19H28F3N3O2/c1-4-13-9-24(10-13)6-5-14-11-25(16(18(23)27)7-12(2)3)17(26)8-15(14)19(20,21)22/h8,11-13,16H,4-7,9-10H2,1-3H3,(H2,23,27). The van der Waals surface area contributed by atoms with Gasteiger partial charge in [-0.25, -0.2) is 0 Å². The lowest BCUT2D eigenvalue weighted by molar-refractivity contribution is -0.138. The maximum atomic E-state index is 13.4. The van der Waals surface area contributed by atoms with Crippen LogP contribution in [0.2, 0.25) is 0 Å². The topological polar surface area (TPSA) is 68.3 Å². The summed E-state index contributed by atoms with van der Waals surface area (Å²) >= 11 is 0. The van der Waals surface area contributed by atoms with E-state index in [1.807, 2.05) is 13.8 Å². The zero-order valence-electron chi connectivity index (χ0n) is 16.1. The van der Waals surface area contributed by atoms with Crippen LogP contribution < -0.4 is 11.3 Å². The summed E-state index contributed by atoms with van der Waals surface area (Å²) in [6.07, 6.45) is -1.91. The zero-order chi connectivity index (χ0) is 20.4. The fraction of sp³-hybridized carbons (Fsp3) is 0.684. The number of nitrogens with two attached hydrogens (primary N) is 1. The molecule has 0 saturated carbocycles. The molecule has 0 aromatic carbocycles. The Kier molecular flexibility index (Phi) is 6.72. The monoisotopic (exact) mass is 387 g/mol. The number of hydrogen-bond acceptors (Lipinski definition) is 3. The van der Waals surface area contributed by atoms with Crippen molar-refractivity contribution < 1.29 is 18.0 Å². The first kappa shape index (κ1) is 21.5. The average molecular weight is 387 g/mol. The van der Waals surface area contributed by atoms with Crippen molar-refractivity contribution in [2.24, 2.45) is 17.6 Å². The van der Waals surface area contributed by atoms with E-state index in [4.69, 9.17) is 5.73 Å². The first-order valence-electron chi connectivity index (χ1n) is 9.36. The van der Waals surface area contributed by atoms with Crippen LogP contribution in [-0.4, -0.2) is 35.0 Å². The molecule has 1 aromatic rings. The largest absolute Gasteiger partial charge is 0.416 e. The van der Waals surface area contributed by atoms with Gasteiger partial charge in [-0.1, -0.05) is 27.2 Å². The number of hydrogen-bond donors (Lipinski definition) is 1. The number of likely N-dealkylation sites (tertiary alicyclic amines) is 1. The summed E-state index contributed by atoms with van der Waals surface area (Å²) in [4.78, 5) is 26.2. The van der Waals surface area contributed by atoms with Gasteiger partial charge in [0.1, 0.15) is 6.04 Å². The molecule has 1 saturated heterocycles. The molecule has 27 heavy (non-hydrogen) atoms. The summed E-state index contributed by atoms with van der Waals surface area (Å²) < 4.78 is 41.3. The molecule has 1 amide bonds. The molecule has 0 radical (unpaired) electrons. The summed E-state index contributed by atoms with van der Waals surface area (Å²) in [6.45, 7) is 8.07. The molecule has 1 aromatic heterocycles. The molecule has 0 aliphatic carbocycles. The molecular formula is C19H28F3N3O2. The third-order valence-electron chi connectivity index (χ3n) is 5.13. The van der Waals surface area contributed by atoms with Gasteiger partial charge in [0, 0.05) is 31.9 Å². The highest BCUT2D eigenvalue weighted by atomic mass is 19.4. The van der Waals surface area contributed by atoms with Crippen LogP contribution in [0, 0.1) is 11.8 Å². The van der Waals surface area contributed by atoms with E-state index in [0.29, 0.717) is 24.9 Å². The molecular weight excluding hydrogens is 359 g/mol. The van der Waals surface area contributed by atoms with Crippen molar-refractivity contribution in [2.75, 3.05) is 19.6 Å². The third kappa shape index (κ3) is 5.34. The number of pyridine rings is 1. The van der Waals surface area contributed by atoms with Crippen LogP contribution >= 0.6 is 0 Å². The van der Waals surface area contributed by atoms with Crippen LogP contribution in [0.25, 0.3) is 0 Å². The molecule has 2 heterocycles. The molecule has 0 bridgehead atoms. The highest BCUT2D eigenvalue weighted by Gasteiger charge is 2.35. The van der Waals surface area contributed by atoms with Crippen LogP contribution in [0.1, 0.15) is 50.8 Å². The second-order valence-electron chi connectivity index (χ2n) is 7.79. The van der Waals surface area contributed by atoms with Crippen molar-refractivity contribution in [3.05, 3.63) is 33.7 Å². The van der Waals surface area contributed by atoms with Crippen molar-refractivity contribution in [2.45, 2.75) is 52.3 Å². The number of amides is 1. The van der Waals surface area contributed by atoms with Crippen molar-refractivity contribution in [3.63, 3.8) is 0 Å². The van der Waals surface area contributed by atoms with Crippen LogP contribution in [0.15, 0.2) is 17.1 Å². The van der Waals surface area contributed by atoms with Crippen molar-refractivity contribution in [1.82, 2.24) is 9.47 Å². The average Bonchev–Trinajstić information content (AvgIpc) is 2.51. The van der Waals surface area contributed by atoms with E-state index in [2.05, 4.69) is 11.8 Å². The molecule has 1 fully saturated rings. The lowest BCUT2D eigenvalue weighted by Crippen LogP contribution is -2.47. The highest BCUT2D eigenvalue weighted by molar-refractivity contribution is 5.78. The molecule has 0 spiro atoms. The summed E-state index contributed by atoms with van der Waals surface area (Å²) in [5, 5.41) is 0. The van der Waals surface area contributed by atoms with E-state index >= 15 is 0 Å². The van der Waals surface area contributed by atoms with Crippen LogP contribution in [-0.2, 0) is 17.4 Å². The lowest BCUT2D eigenvalue weighted by Gasteiger charge is -2.39.